The number of nitrogens with one attached hydrogen (secondary N) is 1. The quantitative estimate of drug-likeness (QED) is 0.223. The third-order valence-corrected chi connectivity index (χ3v) is 7.93. The van der Waals surface area contributed by atoms with E-state index in [1.807, 2.05) is 79.1 Å². The molecule has 2 aromatic carbocycles. The first-order valence-electron chi connectivity index (χ1n) is 11.5. The van der Waals surface area contributed by atoms with E-state index in [0.717, 1.165) is 27.4 Å². The van der Waals surface area contributed by atoms with E-state index in [4.69, 9.17) is 11.6 Å². The Morgan fingerprint density at radius 3 is 2.76 bits per heavy atom. The molecule has 0 aliphatic rings. The van der Waals surface area contributed by atoms with E-state index >= 15 is 0 Å². The van der Waals surface area contributed by atoms with E-state index in [2.05, 4.69) is 25.5 Å². The zero-order valence-electron chi connectivity index (χ0n) is 20.1. The molecule has 3 aromatic heterocycles. The number of aryl methyl sites for hydroxylation is 1. The third-order valence-electron chi connectivity index (χ3n) is 5.72. The number of carbonyl (C=O) groups excluding carboxylic acids is 1. The SMILES string of the molecule is Cc1ccc(Cl)cc1-n1c(SCc2nc(C(=O)NC(C)c3ccccc3)cs2)nnc1-c1cccnc1. The molecule has 0 fully saturated rings. The summed E-state index contributed by atoms with van der Waals surface area (Å²) in [7, 11) is 0. The topological polar surface area (TPSA) is 85.6 Å². The standard InChI is InChI=1S/C27H23ClN6OS2/c1-17-10-11-21(28)13-23(17)34-25(20-9-6-12-29-14-20)32-33-27(34)37-16-24-31-22(15-36-24)26(35)30-18(2)19-7-4-3-5-8-19/h3-15,18H,16H2,1-2H3,(H,30,35). The summed E-state index contributed by atoms with van der Waals surface area (Å²) in [5.41, 5.74) is 4.24. The van der Waals surface area contributed by atoms with Crippen LogP contribution >= 0.6 is 34.7 Å². The van der Waals surface area contributed by atoms with Crippen molar-refractivity contribution in [1.29, 1.82) is 0 Å². The Morgan fingerprint density at radius 2 is 1.97 bits per heavy atom. The van der Waals surface area contributed by atoms with Gasteiger partial charge in [-0.25, -0.2) is 4.98 Å². The number of pyridine rings is 1. The van der Waals surface area contributed by atoms with Gasteiger partial charge in [-0.15, -0.1) is 21.5 Å². The van der Waals surface area contributed by atoms with Gasteiger partial charge in [0.25, 0.3) is 5.91 Å². The first-order valence-corrected chi connectivity index (χ1v) is 13.8. The smallest absolute Gasteiger partial charge is 0.271 e. The molecule has 10 heteroatoms. The van der Waals surface area contributed by atoms with Crippen molar-refractivity contribution in [3.05, 3.63) is 105 Å². The zero-order chi connectivity index (χ0) is 25.8. The number of carbonyl (C=O) groups is 1. The molecule has 7 nitrogen and oxygen atoms in total. The molecule has 0 aliphatic carbocycles. The normalized spacial score (nSPS) is 11.9. The van der Waals surface area contributed by atoms with Crippen molar-refractivity contribution in [2.75, 3.05) is 0 Å². The number of amides is 1. The van der Waals surface area contributed by atoms with Crippen molar-refractivity contribution < 1.29 is 4.79 Å². The average Bonchev–Trinajstić information content (AvgIpc) is 3.57. The molecule has 1 atom stereocenters. The van der Waals surface area contributed by atoms with Crippen LogP contribution < -0.4 is 5.32 Å². The predicted molar refractivity (Wildman–Crippen MR) is 148 cm³/mol. The fraction of sp³-hybridized carbons (Fsp3) is 0.148. The van der Waals surface area contributed by atoms with E-state index < -0.39 is 0 Å². The number of rotatable bonds is 8. The Bertz CT molecular complexity index is 1520. The van der Waals surface area contributed by atoms with Gasteiger partial charge >= 0.3 is 0 Å². The summed E-state index contributed by atoms with van der Waals surface area (Å²) in [6.07, 6.45) is 3.48. The molecular weight excluding hydrogens is 524 g/mol. The van der Waals surface area contributed by atoms with E-state index in [9.17, 15) is 4.79 Å². The van der Waals surface area contributed by atoms with Crippen LogP contribution in [0.5, 0.6) is 0 Å². The maximum atomic E-state index is 12.8. The van der Waals surface area contributed by atoms with Crippen LogP contribution in [-0.4, -0.2) is 30.6 Å². The van der Waals surface area contributed by atoms with Gasteiger partial charge in [0.1, 0.15) is 10.7 Å². The first kappa shape index (κ1) is 25.1. The first-order chi connectivity index (χ1) is 18.0. The third kappa shape index (κ3) is 5.74. The molecule has 0 radical (unpaired) electrons. The molecule has 1 unspecified atom stereocenters. The van der Waals surface area contributed by atoms with Gasteiger partial charge in [-0.05, 0) is 49.2 Å². The minimum Gasteiger partial charge on any atom is -0.344 e. The van der Waals surface area contributed by atoms with Crippen LogP contribution in [0.4, 0.5) is 0 Å². The highest BCUT2D eigenvalue weighted by Crippen LogP contribution is 2.32. The Labute approximate surface area is 228 Å². The summed E-state index contributed by atoms with van der Waals surface area (Å²) in [6, 6.07) is 19.3. The predicted octanol–water partition coefficient (Wildman–Crippen LogP) is 6.53. The highest BCUT2D eigenvalue weighted by molar-refractivity contribution is 7.98. The molecule has 0 spiro atoms. The molecule has 1 N–H and O–H groups in total. The van der Waals surface area contributed by atoms with Gasteiger partial charge in [0, 0.05) is 28.4 Å². The molecular formula is C27H23ClN6OS2. The summed E-state index contributed by atoms with van der Waals surface area (Å²) in [6.45, 7) is 3.98. The Kier molecular flexibility index (Phi) is 7.64. The summed E-state index contributed by atoms with van der Waals surface area (Å²) >= 11 is 9.30. The van der Waals surface area contributed by atoms with Gasteiger partial charge < -0.3 is 5.32 Å². The molecule has 1 amide bonds. The fourth-order valence-electron chi connectivity index (χ4n) is 3.79. The molecule has 0 saturated carbocycles. The van der Waals surface area contributed by atoms with E-state index in [0.29, 0.717) is 27.5 Å². The molecule has 5 rings (SSSR count). The maximum absolute atomic E-state index is 12.8. The van der Waals surface area contributed by atoms with Crippen LogP contribution in [0.3, 0.4) is 0 Å². The second-order valence-corrected chi connectivity index (χ2v) is 10.7. The lowest BCUT2D eigenvalue weighted by atomic mass is 10.1. The number of thioether (sulfide) groups is 1. The van der Waals surface area contributed by atoms with Crippen molar-refractivity contribution in [3.63, 3.8) is 0 Å². The largest absolute Gasteiger partial charge is 0.344 e. The second-order valence-electron chi connectivity index (χ2n) is 8.34. The second kappa shape index (κ2) is 11.2. The van der Waals surface area contributed by atoms with E-state index in [-0.39, 0.29) is 11.9 Å². The number of thiazole rings is 1. The molecule has 5 aromatic rings. The average molecular weight is 547 g/mol. The summed E-state index contributed by atoms with van der Waals surface area (Å²) in [5.74, 6) is 1.02. The Hall–Kier alpha value is -3.53. The number of nitrogens with zero attached hydrogens (tertiary/aromatic N) is 5. The van der Waals surface area contributed by atoms with Gasteiger partial charge in [-0.1, -0.05) is 59.8 Å². The molecule has 186 valence electrons. The number of benzene rings is 2. The summed E-state index contributed by atoms with van der Waals surface area (Å²) in [4.78, 5) is 21.6. The lowest BCUT2D eigenvalue weighted by molar-refractivity contribution is 0.0935. The van der Waals surface area contributed by atoms with Gasteiger partial charge in [-0.3, -0.25) is 14.3 Å². The van der Waals surface area contributed by atoms with E-state index in [1.165, 1.54) is 23.1 Å². The molecule has 37 heavy (non-hydrogen) atoms. The summed E-state index contributed by atoms with van der Waals surface area (Å²) < 4.78 is 1.99. The Balaban J connectivity index is 1.36. The van der Waals surface area contributed by atoms with Gasteiger partial charge in [0.15, 0.2) is 11.0 Å². The monoisotopic (exact) mass is 546 g/mol. The summed E-state index contributed by atoms with van der Waals surface area (Å²) in [5, 5.41) is 15.9. The minimum atomic E-state index is -0.194. The molecule has 0 bridgehead atoms. The molecule has 0 aliphatic heterocycles. The molecule has 3 heterocycles. The number of halogens is 1. The van der Waals surface area contributed by atoms with Crippen LogP contribution in [0.25, 0.3) is 17.1 Å². The highest BCUT2D eigenvalue weighted by atomic mass is 35.5. The van der Waals surface area contributed by atoms with Crippen LogP contribution in [0.2, 0.25) is 5.02 Å². The highest BCUT2D eigenvalue weighted by Gasteiger charge is 2.20. The molecule has 0 saturated heterocycles. The van der Waals surface area contributed by atoms with Crippen LogP contribution in [-0.2, 0) is 5.75 Å². The van der Waals surface area contributed by atoms with Crippen molar-refractivity contribution in [1.82, 2.24) is 30.0 Å². The van der Waals surface area contributed by atoms with Gasteiger partial charge in [0.2, 0.25) is 0 Å². The van der Waals surface area contributed by atoms with Gasteiger partial charge in [-0.2, -0.15) is 0 Å². The van der Waals surface area contributed by atoms with Crippen molar-refractivity contribution in [3.8, 4) is 17.1 Å². The lowest BCUT2D eigenvalue weighted by Crippen LogP contribution is -2.26. The number of hydrogen-bond acceptors (Lipinski definition) is 7. The van der Waals surface area contributed by atoms with Crippen LogP contribution in [0, 0.1) is 6.92 Å². The maximum Gasteiger partial charge on any atom is 0.271 e. The number of aromatic nitrogens is 5. The Morgan fingerprint density at radius 1 is 1.14 bits per heavy atom. The van der Waals surface area contributed by atoms with Crippen LogP contribution in [0.1, 0.15) is 39.6 Å². The minimum absolute atomic E-state index is 0.112. The van der Waals surface area contributed by atoms with E-state index in [1.54, 1.807) is 17.8 Å². The fourth-order valence-corrected chi connectivity index (χ4v) is 5.69. The zero-order valence-corrected chi connectivity index (χ0v) is 22.5. The van der Waals surface area contributed by atoms with Gasteiger partial charge in [0.05, 0.1) is 17.5 Å². The van der Waals surface area contributed by atoms with Crippen molar-refractivity contribution in [2.24, 2.45) is 0 Å². The van der Waals surface area contributed by atoms with Crippen molar-refractivity contribution >= 4 is 40.6 Å². The lowest BCUT2D eigenvalue weighted by Gasteiger charge is -2.13. The number of hydrogen-bond donors (Lipinski definition) is 1. The van der Waals surface area contributed by atoms with Crippen molar-refractivity contribution in [2.45, 2.75) is 30.8 Å². The van der Waals surface area contributed by atoms with Crippen LogP contribution in [0.15, 0.2) is 83.6 Å².